The van der Waals surface area contributed by atoms with Gasteiger partial charge in [0, 0.05) is 0 Å². The van der Waals surface area contributed by atoms with Gasteiger partial charge in [-0.15, -0.1) is 0 Å². The molecule has 7 heteroatoms. The summed E-state index contributed by atoms with van der Waals surface area (Å²) in [6.07, 6.45) is 0. The van der Waals surface area contributed by atoms with Crippen molar-refractivity contribution in [3.8, 4) is 0 Å². The lowest BCUT2D eigenvalue weighted by Gasteiger charge is -2.23. The van der Waals surface area contributed by atoms with E-state index in [4.69, 9.17) is 10.2 Å². The Bertz CT molecular complexity index is 624. The monoisotopic (exact) mass is 315 g/mol. The maximum atomic E-state index is 12.4. The summed E-state index contributed by atoms with van der Waals surface area (Å²) >= 11 is 0. The minimum absolute atomic E-state index is 0.0414. The number of hydrogen-bond donors (Lipinski definition) is 3. The van der Waals surface area contributed by atoms with Gasteiger partial charge < -0.3 is 10.2 Å². The van der Waals surface area contributed by atoms with Gasteiger partial charge >= 0.3 is 0 Å². The molecule has 1 amide bonds. The zero-order valence-corrected chi connectivity index (χ0v) is 13.4. The molecule has 0 aliphatic rings. The molecule has 1 aromatic carbocycles. The minimum atomic E-state index is -4.06. The number of carbonyl (C=O) groups excluding carboxylic acids is 1. The second kappa shape index (κ2) is 6.13. The lowest BCUT2D eigenvalue weighted by atomic mass is 9.92. The Morgan fingerprint density at radius 3 is 1.95 bits per heavy atom. The third kappa shape index (κ3) is 3.61. The van der Waals surface area contributed by atoms with Crippen LogP contribution in [-0.4, -0.2) is 37.8 Å². The fourth-order valence-electron chi connectivity index (χ4n) is 2.08. The summed E-state index contributed by atoms with van der Waals surface area (Å²) in [5.41, 5.74) is 0.426. The van der Waals surface area contributed by atoms with E-state index in [0.29, 0.717) is 11.1 Å². The number of sulfonamides is 1. The van der Waals surface area contributed by atoms with Crippen LogP contribution < -0.4 is 4.72 Å². The number of nitrogens with one attached hydrogen (secondary N) is 1. The quantitative estimate of drug-likeness (QED) is 0.730. The summed E-state index contributed by atoms with van der Waals surface area (Å²) in [6, 6.07) is 3.42. The van der Waals surface area contributed by atoms with Crippen LogP contribution in [0.25, 0.3) is 0 Å². The van der Waals surface area contributed by atoms with Crippen LogP contribution in [0.5, 0.6) is 0 Å². The predicted molar refractivity (Wildman–Crippen MR) is 78.3 cm³/mol. The van der Waals surface area contributed by atoms with E-state index in [0.717, 1.165) is 5.56 Å². The third-order valence-corrected chi connectivity index (χ3v) is 4.98. The first kappa shape index (κ1) is 17.6. The highest BCUT2D eigenvalue weighted by atomic mass is 32.2. The van der Waals surface area contributed by atoms with Crippen LogP contribution in [0.15, 0.2) is 17.0 Å². The maximum absolute atomic E-state index is 12.4. The highest BCUT2D eigenvalue weighted by Gasteiger charge is 2.35. The zero-order valence-electron chi connectivity index (χ0n) is 12.6. The number of aryl methyl sites for hydroxylation is 3. The Hall–Kier alpha value is -1.44. The number of hydrogen-bond acceptors (Lipinski definition) is 5. The molecule has 0 unspecified atom stereocenters. The van der Waals surface area contributed by atoms with Gasteiger partial charge in [-0.05, 0) is 38.8 Å². The summed E-state index contributed by atoms with van der Waals surface area (Å²) in [5, 5.41) is 18.3. The van der Waals surface area contributed by atoms with E-state index >= 15 is 0 Å². The average molecular weight is 315 g/mol. The molecular formula is C14H21NO5S. The summed E-state index contributed by atoms with van der Waals surface area (Å²) in [6.45, 7) is 5.12. The molecule has 0 aliphatic heterocycles. The first-order chi connectivity index (χ1) is 9.57. The molecule has 21 heavy (non-hydrogen) atoms. The number of carbonyl (C=O) groups is 1. The summed E-state index contributed by atoms with van der Waals surface area (Å²) in [4.78, 5) is 12.0. The smallest absolute Gasteiger partial charge is 0.264 e. The van der Waals surface area contributed by atoms with Crippen molar-refractivity contribution in [1.29, 1.82) is 0 Å². The zero-order chi connectivity index (χ0) is 16.4. The van der Waals surface area contributed by atoms with Gasteiger partial charge in [0.1, 0.15) is 0 Å². The topological polar surface area (TPSA) is 104 Å². The van der Waals surface area contributed by atoms with Crippen molar-refractivity contribution < 1.29 is 23.4 Å². The maximum Gasteiger partial charge on any atom is 0.264 e. The van der Waals surface area contributed by atoms with E-state index < -0.39 is 34.6 Å². The lowest BCUT2D eigenvalue weighted by molar-refractivity contribution is -0.132. The van der Waals surface area contributed by atoms with Crippen LogP contribution in [0.4, 0.5) is 0 Å². The lowest BCUT2D eigenvalue weighted by Crippen LogP contribution is -2.46. The Balaban J connectivity index is 3.23. The van der Waals surface area contributed by atoms with E-state index in [9.17, 15) is 13.2 Å². The first-order valence-corrected chi connectivity index (χ1v) is 7.92. The van der Waals surface area contributed by atoms with E-state index in [1.165, 1.54) is 6.92 Å². The number of aliphatic hydroxyl groups excluding tert-OH is 2. The van der Waals surface area contributed by atoms with Crippen molar-refractivity contribution in [2.75, 3.05) is 13.2 Å². The highest BCUT2D eigenvalue weighted by Crippen LogP contribution is 2.23. The third-order valence-electron chi connectivity index (χ3n) is 3.35. The van der Waals surface area contributed by atoms with Crippen molar-refractivity contribution in [2.45, 2.75) is 32.6 Å². The number of aliphatic hydroxyl groups is 2. The Morgan fingerprint density at radius 2 is 1.57 bits per heavy atom. The van der Waals surface area contributed by atoms with Crippen LogP contribution in [0.1, 0.15) is 23.6 Å². The molecule has 0 aliphatic carbocycles. The second-order valence-corrected chi connectivity index (χ2v) is 7.16. The first-order valence-electron chi connectivity index (χ1n) is 6.44. The molecule has 0 bridgehead atoms. The Labute approximate surface area is 124 Å². The molecule has 0 radical (unpaired) electrons. The molecule has 0 heterocycles. The van der Waals surface area contributed by atoms with E-state index in [1.807, 2.05) is 11.6 Å². The summed E-state index contributed by atoms with van der Waals surface area (Å²) < 4.78 is 26.7. The fraction of sp³-hybridized carbons (Fsp3) is 0.500. The van der Waals surface area contributed by atoms with Gasteiger partial charge in [0.25, 0.3) is 10.0 Å². The van der Waals surface area contributed by atoms with Gasteiger partial charge in [0.2, 0.25) is 5.91 Å². The highest BCUT2D eigenvalue weighted by molar-refractivity contribution is 7.90. The van der Waals surface area contributed by atoms with Crippen LogP contribution in [-0.2, 0) is 14.8 Å². The molecule has 1 rings (SSSR count). The molecule has 6 nitrogen and oxygen atoms in total. The summed E-state index contributed by atoms with van der Waals surface area (Å²) in [5.74, 6) is -0.938. The standard InChI is InChI=1S/C14H21NO5S/c1-9-5-10(2)12(11(3)6-9)21(19,20)15-13(18)14(4,7-16)8-17/h5-6,16-17H,7-8H2,1-4H3,(H,15,18). The molecule has 0 saturated carbocycles. The molecule has 0 saturated heterocycles. The predicted octanol–water partition coefficient (Wildman–Crippen LogP) is 0.408. The molecule has 0 aromatic heterocycles. The van der Waals surface area contributed by atoms with Gasteiger partial charge in [-0.25, -0.2) is 13.1 Å². The van der Waals surface area contributed by atoms with E-state index in [-0.39, 0.29) is 4.90 Å². The van der Waals surface area contributed by atoms with Gasteiger partial charge in [0.05, 0.1) is 23.5 Å². The van der Waals surface area contributed by atoms with Gasteiger partial charge in [-0.3, -0.25) is 4.79 Å². The molecule has 0 fully saturated rings. The normalized spacial score (nSPS) is 12.3. The van der Waals surface area contributed by atoms with Crippen molar-refractivity contribution in [3.63, 3.8) is 0 Å². The second-order valence-electron chi connectivity index (χ2n) is 5.54. The molecule has 0 atom stereocenters. The SMILES string of the molecule is Cc1cc(C)c(S(=O)(=O)NC(=O)C(C)(CO)CO)c(C)c1. The fourth-order valence-corrected chi connectivity index (χ4v) is 3.64. The molecule has 118 valence electrons. The number of rotatable bonds is 5. The van der Waals surface area contributed by atoms with Gasteiger partial charge in [-0.2, -0.15) is 0 Å². The minimum Gasteiger partial charge on any atom is -0.395 e. The molecule has 0 spiro atoms. The number of amides is 1. The van der Waals surface area contributed by atoms with Crippen molar-refractivity contribution in [3.05, 3.63) is 28.8 Å². The average Bonchev–Trinajstić information content (AvgIpc) is 2.35. The van der Waals surface area contributed by atoms with Crippen LogP contribution in [0.2, 0.25) is 0 Å². The van der Waals surface area contributed by atoms with Crippen molar-refractivity contribution in [2.24, 2.45) is 5.41 Å². The van der Waals surface area contributed by atoms with E-state index in [1.54, 1.807) is 26.0 Å². The van der Waals surface area contributed by atoms with Crippen molar-refractivity contribution in [1.82, 2.24) is 4.72 Å². The Kier molecular flexibility index (Phi) is 5.14. The van der Waals surface area contributed by atoms with Gasteiger partial charge in [0.15, 0.2) is 0 Å². The van der Waals surface area contributed by atoms with Gasteiger partial charge in [-0.1, -0.05) is 17.7 Å². The number of benzene rings is 1. The van der Waals surface area contributed by atoms with E-state index in [2.05, 4.69) is 0 Å². The van der Waals surface area contributed by atoms with Crippen molar-refractivity contribution >= 4 is 15.9 Å². The molecule has 1 aromatic rings. The Morgan fingerprint density at radius 1 is 1.14 bits per heavy atom. The summed E-state index contributed by atoms with van der Waals surface area (Å²) in [7, 11) is -4.06. The largest absolute Gasteiger partial charge is 0.395 e. The van der Waals surface area contributed by atoms with Crippen LogP contribution in [0, 0.1) is 26.2 Å². The van der Waals surface area contributed by atoms with Crippen LogP contribution >= 0.6 is 0 Å². The van der Waals surface area contributed by atoms with Crippen LogP contribution in [0.3, 0.4) is 0 Å². The molecular weight excluding hydrogens is 294 g/mol. The molecule has 3 N–H and O–H groups in total.